The first-order valence-electron chi connectivity index (χ1n) is 6.19. The molecule has 6 heteroatoms. The van der Waals surface area contributed by atoms with Crippen LogP contribution < -0.4 is 11.1 Å². The van der Waals surface area contributed by atoms with E-state index >= 15 is 0 Å². The quantitative estimate of drug-likeness (QED) is 0.852. The second-order valence-electron chi connectivity index (χ2n) is 4.34. The van der Waals surface area contributed by atoms with Crippen LogP contribution in [0.5, 0.6) is 0 Å². The molecular formula is C14H18ClN3OS. The smallest absolute Gasteiger partial charge is 0.230 e. The van der Waals surface area contributed by atoms with Crippen LogP contribution in [0.4, 0.5) is 10.8 Å². The van der Waals surface area contributed by atoms with Gasteiger partial charge in [0.25, 0.3) is 0 Å². The lowest BCUT2D eigenvalue weighted by atomic mass is 10.1. The van der Waals surface area contributed by atoms with Gasteiger partial charge in [0, 0.05) is 10.6 Å². The van der Waals surface area contributed by atoms with Gasteiger partial charge in [-0.1, -0.05) is 19.1 Å². The number of thiazole rings is 1. The van der Waals surface area contributed by atoms with E-state index in [-0.39, 0.29) is 18.3 Å². The van der Waals surface area contributed by atoms with Crippen LogP contribution in [0, 0.1) is 6.92 Å². The van der Waals surface area contributed by atoms with Gasteiger partial charge in [0.15, 0.2) is 5.13 Å². The molecule has 0 saturated heterocycles. The maximum Gasteiger partial charge on any atom is 0.230 e. The normalized spacial score (nSPS) is 9.90. The summed E-state index contributed by atoms with van der Waals surface area (Å²) < 4.78 is 0. The van der Waals surface area contributed by atoms with Crippen LogP contribution in [0.25, 0.3) is 0 Å². The molecule has 1 aromatic heterocycles. The number of anilines is 2. The van der Waals surface area contributed by atoms with Crippen LogP contribution in [0.2, 0.25) is 0 Å². The van der Waals surface area contributed by atoms with Gasteiger partial charge in [-0.05, 0) is 31.0 Å². The molecular weight excluding hydrogens is 294 g/mol. The zero-order valence-electron chi connectivity index (χ0n) is 11.5. The topological polar surface area (TPSA) is 68.0 Å². The first-order valence-corrected chi connectivity index (χ1v) is 7.00. The third-order valence-electron chi connectivity index (χ3n) is 2.82. The fraction of sp³-hybridized carbons (Fsp3) is 0.286. The van der Waals surface area contributed by atoms with E-state index in [1.165, 1.54) is 11.3 Å². The molecule has 2 rings (SSSR count). The van der Waals surface area contributed by atoms with Crippen LogP contribution in [-0.4, -0.2) is 10.9 Å². The molecule has 3 N–H and O–H groups in total. The van der Waals surface area contributed by atoms with Crippen molar-refractivity contribution in [2.75, 3.05) is 11.1 Å². The summed E-state index contributed by atoms with van der Waals surface area (Å²) in [6, 6.07) is 7.32. The van der Waals surface area contributed by atoms with Crippen LogP contribution in [0.3, 0.4) is 0 Å². The summed E-state index contributed by atoms with van der Waals surface area (Å²) in [5.41, 5.74) is 8.30. The summed E-state index contributed by atoms with van der Waals surface area (Å²) in [7, 11) is 0. The lowest BCUT2D eigenvalue weighted by Crippen LogP contribution is -2.14. The molecule has 0 spiro atoms. The first-order chi connectivity index (χ1) is 9.08. The van der Waals surface area contributed by atoms with E-state index in [9.17, 15) is 4.79 Å². The molecule has 0 radical (unpaired) electrons. The highest BCUT2D eigenvalue weighted by atomic mass is 35.5. The molecule has 0 fully saturated rings. The van der Waals surface area contributed by atoms with Crippen LogP contribution in [0.1, 0.15) is 23.1 Å². The SMILES string of the molecule is CCc1nc(NC(=O)Cc2ccc(N)cc2)sc1C.Cl. The molecule has 2 aromatic rings. The molecule has 0 aliphatic carbocycles. The zero-order chi connectivity index (χ0) is 13.8. The predicted octanol–water partition coefficient (Wildman–Crippen LogP) is 3.20. The molecule has 4 nitrogen and oxygen atoms in total. The summed E-state index contributed by atoms with van der Waals surface area (Å²) in [6.07, 6.45) is 1.22. The van der Waals surface area contributed by atoms with E-state index in [0.29, 0.717) is 17.2 Å². The third-order valence-corrected chi connectivity index (χ3v) is 3.75. The van der Waals surface area contributed by atoms with Gasteiger partial charge in [0.05, 0.1) is 12.1 Å². The summed E-state index contributed by atoms with van der Waals surface area (Å²) in [4.78, 5) is 17.4. The van der Waals surface area contributed by atoms with Crippen LogP contribution in [0.15, 0.2) is 24.3 Å². The van der Waals surface area contributed by atoms with Gasteiger partial charge in [-0.3, -0.25) is 4.79 Å². The molecule has 0 aliphatic rings. The number of benzene rings is 1. The van der Waals surface area contributed by atoms with Crippen molar-refractivity contribution in [2.45, 2.75) is 26.7 Å². The highest BCUT2D eigenvalue weighted by Crippen LogP contribution is 2.22. The van der Waals surface area contributed by atoms with Gasteiger partial charge in [-0.15, -0.1) is 23.7 Å². The summed E-state index contributed by atoms with van der Waals surface area (Å²) in [5, 5.41) is 3.51. The van der Waals surface area contributed by atoms with Crippen molar-refractivity contribution in [1.29, 1.82) is 0 Å². The molecule has 0 saturated carbocycles. The number of nitrogens with two attached hydrogens (primary N) is 1. The standard InChI is InChI=1S/C14H17N3OS.ClH/c1-3-12-9(2)19-14(16-12)17-13(18)8-10-4-6-11(15)7-5-10;/h4-7H,3,8,15H2,1-2H3,(H,16,17,18);1H. The molecule has 1 heterocycles. The van der Waals surface area contributed by atoms with Crippen molar-refractivity contribution >= 4 is 40.5 Å². The van der Waals surface area contributed by atoms with Crippen molar-refractivity contribution in [1.82, 2.24) is 4.98 Å². The largest absolute Gasteiger partial charge is 0.399 e. The number of halogens is 1. The van der Waals surface area contributed by atoms with Crippen LogP contribution >= 0.6 is 23.7 Å². The Morgan fingerprint density at radius 1 is 1.35 bits per heavy atom. The fourth-order valence-corrected chi connectivity index (χ4v) is 2.71. The van der Waals surface area contributed by atoms with Gasteiger partial charge in [-0.2, -0.15) is 0 Å². The van der Waals surface area contributed by atoms with E-state index in [4.69, 9.17) is 5.73 Å². The number of amides is 1. The number of carbonyl (C=O) groups excluding carboxylic acids is 1. The van der Waals surface area contributed by atoms with Gasteiger partial charge in [0.1, 0.15) is 0 Å². The molecule has 1 amide bonds. The number of carbonyl (C=O) groups is 1. The molecule has 108 valence electrons. The van der Waals surface area contributed by atoms with Gasteiger partial charge >= 0.3 is 0 Å². The Hall–Kier alpha value is -1.59. The lowest BCUT2D eigenvalue weighted by Gasteiger charge is -2.02. The summed E-state index contributed by atoms with van der Waals surface area (Å²) >= 11 is 1.52. The first kappa shape index (κ1) is 16.5. The monoisotopic (exact) mass is 311 g/mol. The fourth-order valence-electron chi connectivity index (χ4n) is 1.79. The number of aromatic nitrogens is 1. The maximum absolute atomic E-state index is 11.9. The molecule has 20 heavy (non-hydrogen) atoms. The second kappa shape index (κ2) is 7.26. The average molecular weight is 312 g/mol. The van der Waals surface area contributed by atoms with Crippen molar-refractivity contribution in [3.05, 3.63) is 40.4 Å². The van der Waals surface area contributed by atoms with Gasteiger partial charge in [0.2, 0.25) is 5.91 Å². The number of aryl methyl sites for hydroxylation is 2. The molecule has 0 aliphatic heterocycles. The number of hydrogen-bond donors (Lipinski definition) is 2. The predicted molar refractivity (Wildman–Crippen MR) is 86.7 cm³/mol. The number of nitrogens with zero attached hydrogens (tertiary/aromatic N) is 1. The average Bonchev–Trinajstić information content (AvgIpc) is 2.72. The Morgan fingerprint density at radius 3 is 2.55 bits per heavy atom. The Balaban J connectivity index is 0.00000200. The highest BCUT2D eigenvalue weighted by molar-refractivity contribution is 7.15. The van der Waals surface area contributed by atoms with E-state index in [0.717, 1.165) is 22.6 Å². The minimum atomic E-state index is -0.0545. The number of nitrogens with one attached hydrogen (secondary N) is 1. The Morgan fingerprint density at radius 2 is 2.00 bits per heavy atom. The van der Waals surface area contributed by atoms with Crippen molar-refractivity contribution < 1.29 is 4.79 Å². The molecule has 0 unspecified atom stereocenters. The Kier molecular flexibility index (Phi) is 5.98. The van der Waals surface area contributed by atoms with E-state index in [1.54, 1.807) is 12.1 Å². The van der Waals surface area contributed by atoms with Crippen molar-refractivity contribution in [2.24, 2.45) is 0 Å². The summed E-state index contributed by atoms with van der Waals surface area (Å²) in [5.74, 6) is -0.0545. The van der Waals surface area contributed by atoms with E-state index < -0.39 is 0 Å². The number of rotatable bonds is 4. The van der Waals surface area contributed by atoms with E-state index in [2.05, 4.69) is 17.2 Å². The third kappa shape index (κ3) is 4.21. The molecule has 0 bridgehead atoms. The van der Waals surface area contributed by atoms with E-state index in [1.807, 2.05) is 19.1 Å². The molecule has 0 atom stereocenters. The van der Waals surface area contributed by atoms with Crippen molar-refractivity contribution in [3.8, 4) is 0 Å². The van der Waals surface area contributed by atoms with Crippen LogP contribution in [-0.2, 0) is 17.6 Å². The number of hydrogen-bond acceptors (Lipinski definition) is 4. The summed E-state index contributed by atoms with van der Waals surface area (Å²) in [6.45, 7) is 4.08. The molecule has 1 aromatic carbocycles. The Bertz CT molecular complexity index is 581. The van der Waals surface area contributed by atoms with Crippen molar-refractivity contribution in [3.63, 3.8) is 0 Å². The maximum atomic E-state index is 11.9. The minimum absolute atomic E-state index is 0. The van der Waals surface area contributed by atoms with Gasteiger partial charge < -0.3 is 11.1 Å². The van der Waals surface area contributed by atoms with Gasteiger partial charge in [-0.25, -0.2) is 4.98 Å². The lowest BCUT2D eigenvalue weighted by molar-refractivity contribution is -0.115. The highest BCUT2D eigenvalue weighted by Gasteiger charge is 2.09. The Labute approximate surface area is 128 Å². The number of nitrogen functional groups attached to an aromatic ring is 1. The zero-order valence-corrected chi connectivity index (χ0v) is 13.1. The minimum Gasteiger partial charge on any atom is -0.399 e. The second-order valence-corrected chi connectivity index (χ2v) is 5.55.